The molecule has 3 rings (SSSR count). The van der Waals surface area contributed by atoms with Gasteiger partial charge in [-0.25, -0.2) is 4.98 Å². The zero-order valence-electron chi connectivity index (χ0n) is 12.3. The average molecular weight is 276 g/mol. The first-order valence-corrected chi connectivity index (χ1v) is 6.92. The Hall–Kier alpha value is -1.69. The highest BCUT2D eigenvalue weighted by molar-refractivity contribution is 6.05. The molecule has 2 aliphatic heterocycles. The Bertz CT molecular complexity index is 623. The van der Waals surface area contributed by atoms with Gasteiger partial charge in [0.1, 0.15) is 18.0 Å². The molecule has 6 nitrogen and oxygen atoms in total. The summed E-state index contributed by atoms with van der Waals surface area (Å²) in [6.45, 7) is 9.30. The third-order valence-electron chi connectivity index (χ3n) is 3.76. The molecular weight excluding hydrogens is 256 g/mol. The summed E-state index contributed by atoms with van der Waals surface area (Å²) in [5.41, 5.74) is 0.444. The average Bonchev–Trinajstić information content (AvgIpc) is 2.60. The van der Waals surface area contributed by atoms with Crippen LogP contribution < -0.4 is 10.9 Å². The fourth-order valence-electron chi connectivity index (χ4n) is 2.44. The van der Waals surface area contributed by atoms with E-state index in [2.05, 4.69) is 15.3 Å². The lowest BCUT2D eigenvalue weighted by Gasteiger charge is -2.23. The van der Waals surface area contributed by atoms with E-state index in [1.165, 1.54) is 0 Å². The van der Waals surface area contributed by atoms with E-state index in [0.717, 1.165) is 5.84 Å². The van der Waals surface area contributed by atoms with Gasteiger partial charge in [0.05, 0.1) is 24.8 Å². The minimum Gasteiger partial charge on any atom is -0.377 e. The quantitative estimate of drug-likeness (QED) is 0.840. The van der Waals surface area contributed by atoms with Crippen LogP contribution in [0.3, 0.4) is 0 Å². The Morgan fingerprint density at radius 3 is 2.70 bits per heavy atom. The number of amidine groups is 1. The summed E-state index contributed by atoms with van der Waals surface area (Å²) in [4.78, 5) is 21.6. The van der Waals surface area contributed by atoms with Crippen molar-refractivity contribution in [3.05, 3.63) is 22.2 Å². The topological polar surface area (TPSA) is 68.5 Å². The number of anilines is 1. The standard InChI is InChI=1S/C14H20N4O2/c1-8-10-12(17-11(8)16-9-5-20-6-9)15-7-18(13(10)19)14(2,3)4/h7-9H,5-6H2,1-4H3,(H,16,17). The second-order valence-corrected chi connectivity index (χ2v) is 6.41. The molecule has 1 aromatic rings. The third kappa shape index (κ3) is 2.04. The minimum absolute atomic E-state index is 0.0116. The van der Waals surface area contributed by atoms with Gasteiger partial charge in [0.2, 0.25) is 0 Å². The Kier molecular flexibility index (Phi) is 2.93. The van der Waals surface area contributed by atoms with Gasteiger partial charge in [0, 0.05) is 11.5 Å². The van der Waals surface area contributed by atoms with E-state index in [1.54, 1.807) is 10.9 Å². The van der Waals surface area contributed by atoms with Crippen LogP contribution in [0.25, 0.3) is 0 Å². The molecular formula is C14H20N4O2. The van der Waals surface area contributed by atoms with Gasteiger partial charge in [-0.05, 0) is 20.8 Å². The number of ether oxygens (including phenoxy) is 1. The molecule has 2 aliphatic rings. The molecule has 0 aliphatic carbocycles. The number of hydrogen-bond acceptors (Lipinski definition) is 4. The number of aromatic nitrogens is 2. The van der Waals surface area contributed by atoms with Crippen molar-refractivity contribution in [1.29, 1.82) is 0 Å². The minimum atomic E-state index is -0.277. The van der Waals surface area contributed by atoms with E-state index in [4.69, 9.17) is 4.74 Å². The van der Waals surface area contributed by atoms with Crippen molar-refractivity contribution in [3.63, 3.8) is 0 Å². The highest BCUT2D eigenvalue weighted by atomic mass is 16.5. The molecule has 0 bridgehead atoms. The molecule has 0 amide bonds. The molecule has 1 fully saturated rings. The van der Waals surface area contributed by atoms with Gasteiger partial charge in [-0.2, -0.15) is 0 Å². The normalized spacial score (nSPS) is 24.4. The number of aliphatic imine (C=N–C) groups is 1. The Morgan fingerprint density at radius 1 is 1.45 bits per heavy atom. The monoisotopic (exact) mass is 276 g/mol. The highest BCUT2D eigenvalue weighted by Gasteiger charge is 2.32. The van der Waals surface area contributed by atoms with Crippen molar-refractivity contribution in [2.75, 3.05) is 18.5 Å². The fourth-order valence-corrected chi connectivity index (χ4v) is 2.44. The summed E-state index contributed by atoms with van der Waals surface area (Å²) in [5, 5.41) is 3.17. The molecule has 1 unspecified atom stereocenters. The fraction of sp³-hybridized carbons (Fsp3) is 0.643. The van der Waals surface area contributed by atoms with Gasteiger partial charge in [0.15, 0.2) is 0 Å². The molecule has 0 aromatic carbocycles. The maximum atomic E-state index is 12.6. The highest BCUT2D eigenvalue weighted by Crippen LogP contribution is 2.29. The van der Waals surface area contributed by atoms with Crippen LogP contribution in [0.15, 0.2) is 16.1 Å². The maximum Gasteiger partial charge on any atom is 0.259 e. The van der Waals surface area contributed by atoms with Crippen molar-refractivity contribution in [1.82, 2.24) is 9.55 Å². The Labute approximate surface area is 117 Å². The van der Waals surface area contributed by atoms with Crippen molar-refractivity contribution in [3.8, 4) is 0 Å². The number of rotatable bonds is 1. The lowest BCUT2D eigenvalue weighted by molar-refractivity contribution is 0.0132. The summed E-state index contributed by atoms with van der Waals surface area (Å²) in [6, 6.07) is 0.208. The van der Waals surface area contributed by atoms with Gasteiger partial charge < -0.3 is 10.1 Å². The van der Waals surface area contributed by atoms with E-state index in [9.17, 15) is 4.79 Å². The van der Waals surface area contributed by atoms with Gasteiger partial charge >= 0.3 is 0 Å². The zero-order chi connectivity index (χ0) is 14.5. The second-order valence-electron chi connectivity index (χ2n) is 6.41. The maximum absolute atomic E-state index is 12.6. The molecule has 6 heteroatoms. The van der Waals surface area contributed by atoms with E-state index >= 15 is 0 Å². The van der Waals surface area contributed by atoms with E-state index in [-0.39, 0.29) is 23.1 Å². The van der Waals surface area contributed by atoms with Gasteiger partial charge in [-0.1, -0.05) is 6.92 Å². The Balaban J connectivity index is 2.01. The van der Waals surface area contributed by atoms with Gasteiger partial charge in [-0.3, -0.25) is 14.4 Å². The van der Waals surface area contributed by atoms with Gasteiger partial charge in [0.25, 0.3) is 5.56 Å². The predicted molar refractivity (Wildman–Crippen MR) is 77.6 cm³/mol. The second kappa shape index (κ2) is 4.41. The van der Waals surface area contributed by atoms with Crippen LogP contribution in [-0.4, -0.2) is 34.6 Å². The smallest absolute Gasteiger partial charge is 0.259 e. The van der Waals surface area contributed by atoms with Crippen LogP contribution in [0.2, 0.25) is 0 Å². The third-order valence-corrected chi connectivity index (χ3v) is 3.76. The number of hydrogen-bond donors (Lipinski definition) is 1. The molecule has 1 N–H and O–H groups in total. The first-order chi connectivity index (χ1) is 9.38. The first-order valence-electron chi connectivity index (χ1n) is 6.92. The summed E-state index contributed by atoms with van der Waals surface area (Å²) in [7, 11) is 0. The van der Waals surface area contributed by atoms with Gasteiger partial charge in [-0.15, -0.1) is 0 Å². The van der Waals surface area contributed by atoms with E-state index in [1.807, 2.05) is 27.7 Å². The molecule has 1 atom stereocenters. The van der Waals surface area contributed by atoms with Crippen molar-refractivity contribution in [2.24, 2.45) is 4.99 Å². The van der Waals surface area contributed by atoms with Crippen LogP contribution in [-0.2, 0) is 10.3 Å². The molecule has 1 saturated heterocycles. The van der Waals surface area contributed by atoms with Crippen LogP contribution in [0.5, 0.6) is 0 Å². The van der Waals surface area contributed by atoms with Crippen molar-refractivity contribution >= 4 is 11.7 Å². The van der Waals surface area contributed by atoms with Crippen LogP contribution in [0.4, 0.5) is 5.82 Å². The van der Waals surface area contributed by atoms with Crippen molar-refractivity contribution < 1.29 is 4.74 Å². The number of fused-ring (bicyclic) bond motifs is 1. The lowest BCUT2D eigenvalue weighted by Crippen LogP contribution is -2.36. The molecule has 20 heavy (non-hydrogen) atoms. The zero-order valence-corrected chi connectivity index (χ0v) is 12.3. The SMILES string of the molecule is CC1C(=NC2COC2)Nc2ncn(C(C)(C)C)c(=O)c21. The summed E-state index contributed by atoms with van der Waals surface area (Å²) >= 11 is 0. The summed E-state index contributed by atoms with van der Waals surface area (Å²) in [6.07, 6.45) is 1.61. The van der Waals surface area contributed by atoms with E-state index in [0.29, 0.717) is 24.6 Å². The molecule has 0 saturated carbocycles. The molecule has 108 valence electrons. The summed E-state index contributed by atoms with van der Waals surface area (Å²) in [5.74, 6) is 1.42. The molecule has 1 aromatic heterocycles. The summed E-state index contributed by atoms with van der Waals surface area (Å²) < 4.78 is 6.81. The lowest BCUT2D eigenvalue weighted by atomic mass is 10.0. The van der Waals surface area contributed by atoms with E-state index < -0.39 is 0 Å². The van der Waals surface area contributed by atoms with Crippen LogP contribution in [0.1, 0.15) is 39.2 Å². The predicted octanol–water partition coefficient (Wildman–Crippen LogP) is 1.32. The largest absolute Gasteiger partial charge is 0.377 e. The molecule has 0 spiro atoms. The Morgan fingerprint density at radius 2 is 2.15 bits per heavy atom. The first kappa shape index (κ1) is 13.3. The van der Waals surface area contributed by atoms with Crippen LogP contribution >= 0.6 is 0 Å². The van der Waals surface area contributed by atoms with Crippen LogP contribution in [0, 0.1) is 0 Å². The number of nitrogens with one attached hydrogen (secondary N) is 1. The van der Waals surface area contributed by atoms with Crippen molar-refractivity contribution in [2.45, 2.75) is 45.2 Å². The molecule has 0 radical (unpaired) electrons. The number of nitrogens with zero attached hydrogens (tertiary/aromatic N) is 3. The molecule has 3 heterocycles.